The minimum atomic E-state index is -0.804. The van der Waals surface area contributed by atoms with Gasteiger partial charge in [-0.1, -0.05) is 24.3 Å². The number of carbonyl (C=O) groups is 4. The van der Waals surface area contributed by atoms with Crippen LogP contribution >= 0.6 is 0 Å². The Balaban J connectivity index is 1.75. The molecule has 1 atom stereocenters. The van der Waals surface area contributed by atoms with Crippen LogP contribution in [-0.4, -0.2) is 47.5 Å². The van der Waals surface area contributed by atoms with Crippen LogP contribution in [0.4, 0.5) is 0 Å². The van der Waals surface area contributed by atoms with E-state index in [2.05, 4.69) is 15.7 Å². The molecule has 0 radical (unpaired) electrons. The molecule has 0 heterocycles. The van der Waals surface area contributed by atoms with E-state index in [-0.39, 0.29) is 18.9 Å². The average Bonchev–Trinajstić information content (AvgIpc) is 2.81. The number of carbonyl (C=O) groups excluding carboxylic acids is 3. The molecule has 0 fully saturated rings. The third-order valence-corrected chi connectivity index (χ3v) is 5.92. The summed E-state index contributed by atoms with van der Waals surface area (Å²) in [5.74, 6) is -0.925. The Bertz CT molecular complexity index is 987. The quantitative estimate of drug-likeness (QED) is 0.226. The Hall–Kier alpha value is -3.52. The maximum atomic E-state index is 11.7. The van der Waals surface area contributed by atoms with E-state index in [0.717, 1.165) is 43.4 Å². The average molecular weight is 453 g/mol. The second-order valence-corrected chi connectivity index (χ2v) is 8.02. The maximum Gasteiger partial charge on any atom is 0.345 e. The van der Waals surface area contributed by atoms with Crippen LogP contribution in [0.15, 0.2) is 42.5 Å². The van der Waals surface area contributed by atoms with E-state index >= 15 is 0 Å². The van der Waals surface area contributed by atoms with Gasteiger partial charge in [0.05, 0.1) is 5.56 Å². The molecule has 0 saturated carbocycles. The summed E-state index contributed by atoms with van der Waals surface area (Å²) in [5.41, 5.74) is 3.48. The van der Waals surface area contributed by atoms with Crippen molar-refractivity contribution in [2.45, 2.75) is 51.1 Å². The van der Waals surface area contributed by atoms with Crippen LogP contribution < -0.4 is 4.74 Å². The third kappa shape index (κ3) is 6.73. The fraction of sp³-hybridized carbons (Fsp3) is 0.360. The summed E-state index contributed by atoms with van der Waals surface area (Å²) < 4.78 is 9.58. The van der Waals surface area contributed by atoms with Crippen molar-refractivity contribution in [1.82, 2.24) is 4.90 Å². The SMILES string of the molecule is O=COC(=O)c1ccc(CN(CCCCC(=O)O)C2CCc3cccc(OC=O)c3C2)cc1. The molecule has 174 valence electrons. The molecule has 8 heteroatoms. The summed E-state index contributed by atoms with van der Waals surface area (Å²) >= 11 is 0. The molecule has 0 aliphatic heterocycles. The number of aryl methyl sites for hydroxylation is 1. The zero-order valence-corrected chi connectivity index (χ0v) is 18.3. The highest BCUT2D eigenvalue weighted by Gasteiger charge is 2.26. The lowest BCUT2D eigenvalue weighted by molar-refractivity contribution is -0.137. The summed E-state index contributed by atoms with van der Waals surface area (Å²) in [4.78, 5) is 46.2. The number of aliphatic carboxylic acids is 1. The van der Waals surface area contributed by atoms with Gasteiger partial charge in [-0.2, -0.15) is 0 Å². The van der Waals surface area contributed by atoms with Gasteiger partial charge in [-0.05, 0) is 73.5 Å². The topological polar surface area (TPSA) is 110 Å². The minimum absolute atomic E-state index is 0.110. The van der Waals surface area contributed by atoms with Gasteiger partial charge in [-0.25, -0.2) is 4.79 Å². The van der Waals surface area contributed by atoms with Crippen molar-refractivity contribution in [3.8, 4) is 5.75 Å². The van der Waals surface area contributed by atoms with Gasteiger partial charge in [0.2, 0.25) is 0 Å². The van der Waals surface area contributed by atoms with Crippen LogP contribution in [-0.2, 0) is 38.5 Å². The lowest BCUT2D eigenvalue weighted by Gasteiger charge is -2.36. The summed E-state index contributed by atoms with van der Waals surface area (Å²) in [6.45, 7) is 1.89. The molecular formula is C25H27NO7. The molecule has 8 nitrogen and oxygen atoms in total. The van der Waals surface area contributed by atoms with E-state index in [1.165, 1.54) is 5.56 Å². The van der Waals surface area contributed by atoms with Crippen molar-refractivity contribution in [2.75, 3.05) is 6.54 Å². The van der Waals surface area contributed by atoms with Gasteiger partial charge in [-0.15, -0.1) is 0 Å². The summed E-state index contributed by atoms with van der Waals surface area (Å²) in [5, 5.41) is 8.95. The first-order chi connectivity index (χ1) is 16.0. The molecule has 0 spiro atoms. The first kappa shape index (κ1) is 24.1. The second kappa shape index (κ2) is 11.9. The predicted octanol–water partition coefficient (Wildman–Crippen LogP) is 3.15. The van der Waals surface area contributed by atoms with Crippen molar-refractivity contribution < 1.29 is 33.8 Å². The molecule has 0 aromatic heterocycles. The first-order valence-electron chi connectivity index (χ1n) is 10.9. The Labute approximate surface area is 192 Å². The highest BCUT2D eigenvalue weighted by molar-refractivity contribution is 5.92. The number of ether oxygens (including phenoxy) is 2. The standard InChI is InChI=1S/C25H27NO7/c27-16-32-23-5-3-4-19-11-12-21(14-22(19)23)26(13-2-1-6-24(29)30)15-18-7-9-20(10-8-18)25(31)33-17-28/h3-5,7-10,16-17,21H,1-2,6,11-15H2,(H,29,30). The molecule has 1 aliphatic carbocycles. The van der Waals surface area contributed by atoms with E-state index in [1.807, 2.05) is 18.2 Å². The van der Waals surface area contributed by atoms with E-state index in [4.69, 9.17) is 9.84 Å². The third-order valence-electron chi connectivity index (χ3n) is 5.92. The van der Waals surface area contributed by atoms with Crippen LogP contribution in [0.25, 0.3) is 0 Å². The van der Waals surface area contributed by atoms with E-state index in [0.29, 0.717) is 30.8 Å². The van der Waals surface area contributed by atoms with Crippen LogP contribution in [0.3, 0.4) is 0 Å². The molecule has 1 unspecified atom stereocenters. The Kier molecular flexibility index (Phi) is 8.71. The number of unbranched alkanes of at least 4 members (excludes halogenated alkanes) is 1. The largest absolute Gasteiger partial charge is 0.481 e. The molecule has 1 N–H and O–H groups in total. The van der Waals surface area contributed by atoms with Crippen molar-refractivity contribution in [1.29, 1.82) is 0 Å². The van der Waals surface area contributed by atoms with Crippen LogP contribution in [0.1, 0.15) is 52.7 Å². The van der Waals surface area contributed by atoms with Gasteiger partial charge in [0, 0.05) is 19.0 Å². The molecule has 3 rings (SSSR count). The zero-order valence-electron chi connectivity index (χ0n) is 18.3. The second-order valence-electron chi connectivity index (χ2n) is 8.02. The van der Waals surface area contributed by atoms with Crippen LogP contribution in [0.5, 0.6) is 5.75 Å². The highest BCUT2D eigenvalue weighted by Crippen LogP contribution is 2.32. The summed E-state index contributed by atoms with van der Waals surface area (Å²) in [6.07, 6.45) is 3.98. The van der Waals surface area contributed by atoms with Crippen LogP contribution in [0.2, 0.25) is 0 Å². The Morgan fingerprint density at radius 1 is 1.06 bits per heavy atom. The number of hydrogen-bond donors (Lipinski definition) is 1. The summed E-state index contributed by atoms with van der Waals surface area (Å²) in [7, 11) is 0. The molecular weight excluding hydrogens is 426 g/mol. The van der Waals surface area contributed by atoms with E-state index in [1.54, 1.807) is 18.2 Å². The molecule has 2 aromatic rings. The van der Waals surface area contributed by atoms with E-state index < -0.39 is 11.9 Å². The fourth-order valence-corrected chi connectivity index (χ4v) is 4.29. The van der Waals surface area contributed by atoms with Crippen LogP contribution in [0, 0.1) is 0 Å². The number of fused-ring (bicyclic) bond motifs is 1. The molecule has 0 amide bonds. The van der Waals surface area contributed by atoms with Crippen molar-refractivity contribution in [2.24, 2.45) is 0 Å². The lowest BCUT2D eigenvalue weighted by atomic mass is 9.86. The highest BCUT2D eigenvalue weighted by atomic mass is 16.6. The first-order valence-corrected chi connectivity index (χ1v) is 10.9. The van der Waals surface area contributed by atoms with Crippen molar-refractivity contribution >= 4 is 24.9 Å². The number of hydrogen-bond acceptors (Lipinski definition) is 7. The Morgan fingerprint density at radius 3 is 2.55 bits per heavy atom. The number of carboxylic acid groups (broad SMARTS) is 1. The van der Waals surface area contributed by atoms with E-state index in [9.17, 15) is 19.2 Å². The lowest BCUT2D eigenvalue weighted by Crippen LogP contribution is -2.39. The van der Waals surface area contributed by atoms with Crippen molar-refractivity contribution in [3.05, 3.63) is 64.7 Å². The number of carboxylic acids is 1. The molecule has 0 saturated heterocycles. The Morgan fingerprint density at radius 2 is 1.85 bits per heavy atom. The van der Waals surface area contributed by atoms with Gasteiger partial charge in [0.1, 0.15) is 5.75 Å². The number of rotatable bonds is 12. The number of benzene rings is 2. The minimum Gasteiger partial charge on any atom is -0.481 e. The van der Waals surface area contributed by atoms with Gasteiger partial charge in [-0.3, -0.25) is 19.3 Å². The normalized spacial score (nSPS) is 14.9. The fourth-order valence-electron chi connectivity index (χ4n) is 4.29. The number of nitrogens with zero attached hydrogens (tertiary/aromatic N) is 1. The maximum absolute atomic E-state index is 11.7. The van der Waals surface area contributed by atoms with Gasteiger partial charge < -0.3 is 14.6 Å². The van der Waals surface area contributed by atoms with Gasteiger partial charge in [0.15, 0.2) is 0 Å². The molecule has 0 bridgehead atoms. The monoisotopic (exact) mass is 453 g/mol. The molecule has 33 heavy (non-hydrogen) atoms. The zero-order chi connectivity index (χ0) is 23.6. The molecule has 2 aromatic carbocycles. The predicted molar refractivity (Wildman–Crippen MR) is 119 cm³/mol. The van der Waals surface area contributed by atoms with Crippen molar-refractivity contribution in [3.63, 3.8) is 0 Å². The number of esters is 1. The van der Waals surface area contributed by atoms with Gasteiger partial charge in [0.25, 0.3) is 6.47 Å². The summed E-state index contributed by atoms with van der Waals surface area (Å²) in [6, 6.07) is 12.8. The van der Waals surface area contributed by atoms with Gasteiger partial charge >= 0.3 is 18.4 Å². The molecule has 1 aliphatic rings. The smallest absolute Gasteiger partial charge is 0.345 e.